The van der Waals surface area contributed by atoms with Crippen LogP contribution in [0.5, 0.6) is 0 Å². The molecule has 3 atom stereocenters. The van der Waals surface area contributed by atoms with Gasteiger partial charge in [0.25, 0.3) is 5.91 Å². The molecule has 202 valence electrons. The molecule has 1 spiro atoms. The number of hydrogen-bond acceptors (Lipinski definition) is 4. The van der Waals surface area contributed by atoms with Crippen LogP contribution in [0, 0.1) is 11.8 Å². The molecule has 3 aliphatic heterocycles. The van der Waals surface area contributed by atoms with Gasteiger partial charge in [0.1, 0.15) is 5.54 Å². The van der Waals surface area contributed by atoms with Crippen molar-refractivity contribution in [2.45, 2.75) is 108 Å². The fraction of sp³-hybridized carbons (Fsp3) is 0.700. The molecule has 37 heavy (non-hydrogen) atoms. The summed E-state index contributed by atoms with van der Waals surface area (Å²) in [5.41, 5.74) is 0.457. The van der Waals surface area contributed by atoms with Gasteiger partial charge in [-0.25, -0.2) is 4.79 Å². The maximum Gasteiger partial charge on any atom is 0.327 e. The summed E-state index contributed by atoms with van der Waals surface area (Å²) in [4.78, 5) is 45.3. The largest absolute Gasteiger partial charge is 0.349 e. The van der Waals surface area contributed by atoms with E-state index in [2.05, 4.69) is 29.3 Å². The second-order valence-electron chi connectivity index (χ2n) is 12.4. The van der Waals surface area contributed by atoms with Gasteiger partial charge in [-0.2, -0.15) is 0 Å². The van der Waals surface area contributed by atoms with Crippen molar-refractivity contribution in [3.8, 4) is 0 Å². The number of amides is 4. The zero-order valence-corrected chi connectivity index (χ0v) is 23.0. The van der Waals surface area contributed by atoms with Gasteiger partial charge in [0.15, 0.2) is 0 Å². The summed E-state index contributed by atoms with van der Waals surface area (Å²) in [6, 6.07) is 10.7. The van der Waals surface area contributed by atoms with Gasteiger partial charge in [0.05, 0.1) is 6.04 Å². The first-order valence-electron chi connectivity index (χ1n) is 14.4. The van der Waals surface area contributed by atoms with Crippen LogP contribution in [0.1, 0.15) is 90.2 Å². The van der Waals surface area contributed by atoms with Gasteiger partial charge in [-0.3, -0.25) is 19.4 Å². The molecule has 5 rings (SSSR count). The number of carbonyl (C=O) groups excluding carboxylic acids is 3. The lowest BCUT2D eigenvalue weighted by Gasteiger charge is -2.48. The first kappa shape index (κ1) is 26.2. The van der Waals surface area contributed by atoms with Crippen LogP contribution in [-0.2, 0) is 9.59 Å². The number of imide groups is 1. The zero-order chi connectivity index (χ0) is 26.3. The minimum Gasteiger partial charge on any atom is -0.349 e. The number of carbonyl (C=O) groups is 3. The Morgan fingerprint density at radius 1 is 1.00 bits per heavy atom. The van der Waals surface area contributed by atoms with E-state index in [4.69, 9.17) is 0 Å². The fourth-order valence-electron chi connectivity index (χ4n) is 7.71. The molecule has 1 saturated carbocycles. The van der Waals surface area contributed by atoms with Crippen LogP contribution in [0.2, 0.25) is 0 Å². The fourth-order valence-corrected chi connectivity index (χ4v) is 7.71. The predicted octanol–water partition coefficient (Wildman–Crippen LogP) is 4.73. The number of rotatable bonds is 7. The highest BCUT2D eigenvalue weighted by Gasteiger charge is 2.62. The third-order valence-corrected chi connectivity index (χ3v) is 9.67. The average molecular weight is 509 g/mol. The molecule has 4 fully saturated rings. The van der Waals surface area contributed by atoms with E-state index in [1.54, 1.807) is 7.05 Å². The summed E-state index contributed by atoms with van der Waals surface area (Å²) in [6.07, 6.45) is 8.63. The second-order valence-corrected chi connectivity index (χ2v) is 12.4. The van der Waals surface area contributed by atoms with Crippen LogP contribution in [0.25, 0.3) is 0 Å². The van der Waals surface area contributed by atoms with Crippen molar-refractivity contribution in [1.29, 1.82) is 0 Å². The summed E-state index contributed by atoms with van der Waals surface area (Å²) in [6.45, 7) is 7.19. The maximum atomic E-state index is 13.4. The highest BCUT2D eigenvalue weighted by atomic mass is 16.2. The van der Waals surface area contributed by atoms with E-state index in [0.717, 1.165) is 63.0 Å². The third kappa shape index (κ3) is 4.80. The number of hydrogen-bond donors (Lipinski definition) is 1. The van der Waals surface area contributed by atoms with E-state index in [9.17, 15) is 14.4 Å². The Labute approximate surface area is 221 Å². The summed E-state index contributed by atoms with van der Waals surface area (Å²) in [5.74, 6) is 1.02. The summed E-state index contributed by atoms with van der Waals surface area (Å²) >= 11 is 0. The first-order chi connectivity index (χ1) is 17.7. The smallest absolute Gasteiger partial charge is 0.327 e. The summed E-state index contributed by atoms with van der Waals surface area (Å²) < 4.78 is 0. The molecule has 7 heteroatoms. The molecule has 1 aliphatic carbocycles. The first-order valence-corrected chi connectivity index (χ1v) is 14.4. The molecule has 2 bridgehead atoms. The second kappa shape index (κ2) is 10.4. The minimum absolute atomic E-state index is 0.00667. The van der Waals surface area contributed by atoms with E-state index in [1.807, 2.05) is 36.9 Å². The van der Waals surface area contributed by atoms with Crippen molar-refractivity contribution in [3.05, 3.63) is 35.9 Å². The van der Waals surface area contributed by atoms with Crippen molar-refractivity contribution in [2.75, 3.05) is 13.6 Å². The Kier molecular flexibility index (Phi) is 7.36. The molecule has 1 aromatic rings. The van der Waals surface area contributed by atoms with Gasteiger partial charge in [0, 0.05) is 37.6 Å². The van der Waals surface area contributed by atoms with Crippen molar-refractivity contribution < 1.29 is 14.4 Å². The van der Waals surface area contributed by atoms with E-state index < -0.39 is 5.54 Å². The van der Waals surface area contributed by atoms with Crippen molar-refractivity contribution in [2.24, 2.45) is 11.8 Å². The van der Waals surface area contributed by atoms with Crippen molar-refractivity contribution >= 4 is 17.8 Å². The Morgan fingerprint density at radius 3 is 2.22 bits per heavy atom. The molecule has 3 saturated heterocycles. The summed E-state index contributed by atoms with van der Waals surface area (Å²) in [7, 11) is 1.63. The molecular formula is C30H44N4O3. The standard InChI is InChI=1S/C30H44N4O3/c1-20(2)34-29(37)32(4)28(36)30(34)18-24-14-15-25(19-30)33(24)17-16-26(22-8-6-5-7-9-22)31-27(35)23-12-10-21(3)11-13-23/h5-9,20-21,23-26H,10-19H2,1-4H3,(H,31,35)/t21?,23?,24?,25?,26-,30?/m0/s1. The lowest BCUT2D eigenvalue weighted by Crippen LogP contribution is -2.61. The number of nitrogens with zero attached hydrogens (tertiary/aromatic N) is 3. The normalized spacial score (nSPS) is 33.0. The van der Waals surface area contributed by atoms with Gasteiger partial charge >= 0.3 is 6.03 Å². The van der Waals surface area contributed by atoms with Gasteiger partial charge in [-0.05, 0) is 83.1 Å². The Hall–Kier alpha value is -2.41. The molecule has 0 radical (unpaired) electrons. The molecule has 2 unspecified atom stereocenters. The number of piperidine rings is 1. The number of fused-ring (bicyclic) bond motifs is 2. The highest BCUT2D eigenvalue weighted by Crippen LogP contribution is 2.48. The predicted molar refractivity (Wildman–Crippen MR) is 144 cm³/mol. The summed E-state index contributed by atoms with van der Waals surface area (Å²) in [5, 5.41) is 3.42. The average Bonchev–Trinajstić information content (AvgIpc) is 3.23. The Bertz CT molecular complexity index is 989. The van der Waals surface area contributed by atoms with E-state index in [0.29, 0.717) is 12.8 Å². The maximum absolute atomic E-state index is 13.4. The van der Waals surface area contributed by atoms with Crippen molar-refractivity contribution in [1.82, 2.24) is 20.0 Å². The lowest BCUT2D eigenvalue weighted by atomic mass is 9.80. The molecule has 4 aliphatic rings. The monoisotopic (exact) mass is 508 g/mol. The van der Waals surface area contributed by atoms with Crippen LogP contribution in [0.3, 0.4) is 0 Å². The SMILES string of the molecule is CC1CCC(C(=O)N[C@@H](CCN2C3CCC2CC2(C3)C(=O)N(C)C(=O)N2C(C)C)c2ccccc2)CC1. The zero-order valence-electron chi connectivity index (χ0n) is 23.0. The highest BCUT2D eigenvalue weighted by molar-refractivity contribution is 6.07. The molecule has 4 amide bonds. The van der Waals surface area contributed by atoms with Crippen LogP contribution < -0.4 is 5.32 Å². The number of likely N-dealkylation sites (N-methyl/N-ethyl adjacent to an activating group) is 1. The minimum atomic E-state index is -0.701. The quantitative estimate of drug-likeness (QED) is 0.541. The van der Waals surface area contributed by atoms with E-state index in [-0.39, 0.29) is 47.9 Å². The van der Waals surface area contributed by atoms with Crippen LogP contribution in [-0.4, -0.2) is 69.8 Å². The Morgan fingerprint density at radius 2 is 1.62 bits per heavy atom. The van der Waals surface area contributed by atoms with E-state index >= 15 is 0 Å². The Balaban J connectivity index is 1.28. The topological polar surface area (TPSA) is 73.0 Å². The van der Waals surface area contributed by atoms with Crippen LogP contribution >= 0.6 is 0 Å². The lowest BCUT2D eigenvalue weighted by molar-refractivity contribution is -0.137. The number of urea groups is 1. The van der Waals surface area contributed by atoms with Crippen LogP contribution in [0.4, 0.5) is 4.79 Å². The molecule has 0 aromatic heterocycles. The van der Waals surface area contributed by atoms with Crippen LogP contribution in [0.15, 0.2) is 30.3 Å². The molecular weight excluding hydrogens is 464 g/mol. The number of nitrogens with one attached hydrogen (secondary N) is 1. The third-order valence-electron chi connectivity index (χ3n) is 9.67. The van der Waals surface area contributed by atoms with Gasteiger partial charge < -0.3 is 10.2 Å². The number of benzene rings is 1. The van der Waals surface area contributed by atoms with E-state index in [1.165, 1.54) is 4.90 Å². The van der Waals surface area contributed by atoms with Gasteiger partial charge in [-0.15, -0.1) is 0 Å². The molecule has 3 heterocycles. The van der Waals surface area contributed by atoms with Crippen molar-refractivity contribution in [3.63, 3.8) is 0 Å². The van der Waals surface area contributed by atoms with Gasteiger partial charge in [0.2, 0.25) is 5.91 Å². The van der Waals surface area contributed by atoms with Gasteiger partial charge in [-0.1, -0.05) is 37.3 Å². The molecule has 1 N–H and O–H groups in total. The molecule has 1 aromatic carbocycles. The molecule has 7 nitrogen and oxygen atoms in total.